The maximum absolute atomic E-state index is 12.6. The molecule has 0 radical (unpaired) electrons. The maximum Gasteiger partial charge on any atom is 0.257 e. The Morgan fingerprint density at radius 2 is 2.26 bits per heavy atom. The molecule has 23 heavy (non-hydrogen) atoms. The third kappa shape index (κ3) is 2.63. The van der Waals surface area contributed by atoms with Crippen LogP contribution in [0.15, 0.2) is 42.9 Å². The zero-order valence-electron chi connectivity index (χ0n) is 13.2. The molecule has 1 amide bonds. The van der Waals surface area contributed by atoms with Gasteiger partial charge in [-0.05, 0) is 42.3 Å². The third-order valence-corrected chi connectivity index (χ3v) is 4.68. The van der Waals surface area contributed by atoms with Crippen LogP contribution in [0.25, 0.3) is 10.9 Å². The highest BCUT2D eigenvalue weighted by molar-refractivity contribution is 5.93. The van der Waals surface area contributed by atoms with E-state index in [1.807, 2.05) is 30.2 Å². The topological polar surface area (TPSA) is 53.9 Å². The van der Waals surface area contributed by atoms with Crippen LogP contribution in [0.3, 0.4) is 0 Å². The van der Waals surface area contributed by atoms with Gasteiger partial charge in [0.2, 0.25) is 0 Å². The summed E-state index contributed by atoms with van der Waals surface area (Å²) in [7, 11) is 1.84. The molecular formula is C18H20N4O. The highest BCUT2D eigenvalue weighted by Crippen LogP contribution is 2.30. The van der Waals surface area contributed by atoms with E-state index in [-0.39, 0.29) is 5.91 Å². The second-order valence-corrected chi connectivity index (χ2v) is 6.35. The highest BCUT2D eigenvalue weighted by Gasteiger charge is 2.22. The fourth-order valence-electron chi connectivity index (χ4n) is 3.06. The number of amides is 1. The van der Waals surface area contributed by atoms with Crippen molar-refractivity contribution in [2.75, 3.05) is 7.05 Å². The van der Waals surface area contributed by atoms with Crippen LogP contribution in [0.1, 0.15) is 41.2 Å². The van der Waals surface area contributed by atoms with Crippen molar-refractivity contribution in [2.24, 2.45) is 0 Å². The van der Waals surface area contributed by atoms with E-state index < -0.39 is 0 Å². The third-order valence-electron chi connectivity index (χ3n) is 4.68. The molecule has 0 unspecified atom stereocenters. The average Bonchev–Trinajstić information content (AvgIpc) is 3.13. The average molecular weight is 308 g/mol. The van der Waals surface area contributed by atoms with E-state index in [0.29, 0.717) is 18.2 Å². The lowest BCUT2D eigenvalue weighted by Crippen LogP contribution is -2.26. The van der Waals surface area contributed by atoms with Gasteiger partial charge in [-0.2, -0.15) is 5.10 Å². The van der Waals surface area contributed by atoms with Crippen molar-refractivity contribution in [2.45, 2.75) is 31.8 Å². The molecule has 1 fully saturated rings. The SMILES string of the molecule is CN(Cc1ccc2cc[nH]c2c1)C(=O)c1cnn(C2CCC2)c1. The lowest BCUT2D eigenvalue weighted by Gasteiger charge is -2.25. The van der Waals surface area contributed by atoms with Gasteiger partial charge in [0.25, 0.3) is 5.91 Å². The van der Waals surface area contributed by atoms with Gasteiger partial charge in [0.1, 0.15) is 0 Å². The summed E-state index contributed by atoms with van der Waals surface area (Å²) >= 11 is 0. The number of rotatable bonds is 4. The molecule has 0 saturated heterocycles. The largest absolute Gasteiger partial charge is 0.361 e. The molecule has 3 aromatic rings. The van der Waals surface area contributed by atoms with Gasteiger partial charge in [-0.3, -0.25) is 9.48 Å². The summed E-state index contributed by atoms with van der Waals surface area (Å²) in [5, 5.41) is 5.53. The lowest BCUT2D eigenvalue weighted by atomic mass is 9.93. The molecule has 1 aromatic carbocycles. The van der Waals surface area contributed by atoms with Gasteiger partial charge in [-0.1, -0.05) is 12.1 Å². The minimum Gasteiger partial charge on any atom is -0.361 e. The van der Waals surface area contributed by atoms with Crippen molar-refractivity contribution >= 4 is 16.8 Å². The summed E-state index contributed by atoms with van der Waals surface area (Å²) in [6.45, 7) is 0.586. The van der Waals surface area contributed by atoms with E-state index in [0.717, 1.165) is 11.1 Å². The smallest absolute Gasteiger partial charge is 0.257 e. The van der Waals surface area contributed by atoms with Crippen LogP contribution < -0.4 is 0 Å². The molecule has 0 bridgehead atoms. The zero-order chi connectivity index (χ0) is 15.8. The van der Waals surface area contributed by atoms with E-state index >= 15 is 0 Å². The van der Waals surface area contributed by atoms with Crippen molar-refractivity contribution in [1.82, 2.24) is 19.7 Å². The normalized spacial score (nSPS) is 14.8. The number of carbonyl (C=O) groups is 1. The van der Waals surface area contributed by atoms with Crippen LogP contribution >= 0.6 is 0 Å². The monoisotopic (exact) mass is 308 g/mol. The van der Waals surface area contributed by atoms with Crippen molar-refractivity contribution in [3.8, 4) is 0 Å². The number of H-pyrrole nitrogens is 1. The quantitative estimate of drug-likeness (QED) is 0.803. The van der Waals surface area contributed by atoms with Crippen molar-refractivity contribution in [3.05, 3.63) is 54.0 Å². The highest BCUT2D eigenvalue weighted by atomic mass is 16.2. The van der Waals surface area contributed by atoms with Gasteiger partial charge >= 0.3 is 0 Å². The predicted molar refractivity (Wildman–Crippen MR) is 89.2 cm³/mol. The molecule has 1 aliphatic rings. The molecule has 2 aromatic heterocycles. The van der Waals surface area contributed by atoms with Crippen LogP contribution in [0, 0.1) is 0 Å². The van der Waals surface area contributed by atoms with E-state index in [1.54, 1.807) is 11.1 Å². The summed E-state index contributed by atoms with van der Waals surface area (Å²) < 4.78 is 1.94. The molecule has 0 spiro atoms. The Hall–Kier alpha value is -2.56. The first-order valence-corrected chi connectivity index (χ1v) is 8.06. The Bertz CT molecular complexity index is 843. The molecule has 5 heteroatoms. The molecular weight excluding hydrogens is 288 g/mol. The minimum absolute atomic E-state index is 0.0159. The lowest BCUT2D eigenvalue weighted by molar-refractivity contribution is 0.0785. The van der Waals surface area contributed by atoms with Gasteiger partial charge in [0.05, 0.1) is 17.8 Å². The summed E-state index contributed by atoms with van der Waals surface area (Å²) in [4.78, 5) is 17.5. The van der Waals surface area contributed by atoms with Crippen LogP contribution in [0.2, 0.25) is 0 Å². The van der Waals surface area contributed by atoms with E-state index in [1.165, 1.54) is 24.6 Å². The van der Waals surface area contributed by atoms with E-state index in [9.17, 15) is 4.79 Å². The van der Waals surface area contributed by atoms with Crippen molar-refractivity contribution in [3.63, 3.8) is 0 Å². The zero-order valence-corrected chi connectivity index (χ0v) is 13.2. The van der Waals surface area contributed by atoms with Gasteiger partial charge < -0.3 is 9.88 Å². The number of aromatic nitrogens is 3. The Labute approximate surface area is 134 Å². The van der Waals surface area contributed by atoms with Crippen molar-refractivity contribution < 1.29 is 4.79 Å². The summed E-state index contributed by atoms with van der Waals surface area (Å²) in [5.74, 6) is 0.0159. The molecule has 5 nitrogen and oxygen atoms in total. The molecule has 1 N–H and O–H groups in total. The number of benzene rings is 1. The number of hydrogen-bond acceptors (Lipinski definition) is 2. The van der Waals surface area contributed by atoms with Crippen LogP contribution in [-0.4, -0.2) is 32.6 Å². The second-order valence-electron chi connectivity index (χ2n) is 6.35. The van der Waals surface area contributed by atoms with Gasteiger partial charge in [-0.15, -0.1) is 0 Å². The van der Waals surface area contributed by atoms with Crippen LogP contribution in [0.4, 0.5) is 0 Å². The van der Waals surface area contributed by atoms with Crippen molar-refractivity contribution in [1.29, 1.82) is 0 Å². The van der Waals surface area contributed by atoms with Crippen LogP contribution in [-0.2, 0) is 6.54 Å². The number of fused-ring (bicyclic) bond motifs is 1. The molecule has 1 aliphatic carbocycles. The van der Waals surface area contributed by atoms with Gasteiger partial charge in [0.15, 0.2) is 0 Å². The Balaban J connectivity index is 1.47. The second kappa shape index (κ2) is 5.57. The van der Waals surface area contributed by atoms with E-state index in [2.05, 4.69) is 28.3 Å². The first kappa shape index (κ1) is 14.1. The van der Waals surface area contributed by atoms with Gasteiger partial charge in [-0.25, -0.2) is 0 Å². The Kier molecular flexibility index (Phi) is 3.41. The minimum atomic E-state index is 0.0159. The molecule has 118 valence electrons. The van der Waals surface area contributed by atoms with Gasteiger partial charge in [0, 0.05) is 31.5 Å². The fourth-order valence-corrected chi connectivity index (χ4v) is 3.06. The summed E-state index contributed by atoms with van der Waals surface area (Å²) in [6.07, 6.45) is 9.10. The molecule has 4 rings (SSSR count). The first-order chi connectivity index (χ1) is 11.2. The first-order valence-electron chi connectivity index (χ1n) is 8.06. The fraction of sp³-hybridized carbons (Fsp3) is 0.333. The molecule has 1 saturated carbocycles. The standard InChI is InChI=1S/C18H20N4O/c1-21(11-13-5-6-14-7-8-19-17(14)9-13)18(23)15-10-20-22(12-15)16-3-2-4-16/h5-10,12,16,19H,2-4,11H2,1H3. The maximum atomic E-state index is 12.6. The molecule has 0 aliphatic heterocycles. The Morgan fingerprint density at radius 1 is 1.39 bits per heavy atom. The predicted octanol–water partition coefficient (Wildman–Crippen LogP) is 3.36. The summed E-state index contributed by atoms with van der Waals surface area (Å²) in [5.41, 5.74) is 2.88. The number of nitrogens with one attached hydrogen (secondary N) is 1. The summed E-state index contributed by atoms with van der Waals surface area (Å²) in [6, 6.07) is 8.77. The van der Waals surface area contributed by atoms with E-state index in [4.69, 9.17) is 0 Å². The van der Waals surface area contributed by atoms with Crippen LogP contribution in [0.5, 0.6) is 0 Å². The Morgan fingerprint density at radius 3 is 3.04 bits per heavy atom. The molecule has 2 heterocycles. The molecule has 0 atom stereocenters. The number of aromatic amines is 1. The number of carbonyl (C=O) groups excluding carboxylic acids is 1. The number of nitrogens with zero attached hydrogens (tertiary/aromatic N) is 3. The number of hydrogen-bond donors (Lipinski definition) is 1.